The third-order valence-corrected chi connectivity index (χ3v) is 7.92. The van der Waals surface area contributed by atoms with Crippen LogP contribution in [0.5, 0.6) is 0 Å². The molecule has 2 aromatic carbocycles. The number of halogens is 1. The number of rotatable bonds is 4. The molecule has 2 aliphatic rings. The van der Waals surface area contributed by atoms with E-state index in [1.165, 1.54) is 16.8 Å². The summed E-state index contributed by atoms with van der Waals surface area (Å²) in [4.78, 5) is 15.0. The molecule has 0 aliphatic carbocycles. The fourth-order valence-electron chi connectivity index (χ4n) is 4.34. The fraction of sp³-hybridized carbons (Fsp3) is 0.304. The summed E-state index contributed by atoms with van der Waals surface area (Å²) in [6.07, 6.45) is 5.02. The fourth-order valence-corrected chi connectivity index (χ4v) is 5.91. The first-order valence-corrected chi connectivity index (χ1v) is 12.1. The van der Waals surface area contributed by atoms with Gasteiger partial charge in [-0.25, -0.2) is 17.5 Å². The van der Waals surface area contributed by atoms with E-state index in [1.807, 2.05) is 0 Å². The van der Waals surface area contributed by atoms with Gasteiger partial charge in [-0.15, -0.1) is 0 Å². The molecule has 5 rings (SSSR count). The summed E-state index contributed by atoms with van der Waals surface area (Å²) in [7, 11) is -3.52. The van der Waals surface area contributed by atoms with Crippen LogP contribution >= 0.6 is 0 Å². The number of carbonyl (C=O) groups excluding carboxylic acids is 1. The molecule has 0 spiro atoms. The topological polar surface area (TPSA) is 75.5 Å². The molecule has 32 heavy (non-hydrogen) atoms. The smallest absolute Gasteiger partial charge is 0.278 e. The van der Waals surface area contributed by atoms with Gasteiger partial charge in [0.25, 0.3) is 5.91 Å². The van der Waals surface area contributed by atoms with Gasteiger partial charge < -0.3 is 4.90 Å². The zero-order valence-electron chi connectivity index (χ0n) is 17.4. The average molecular weight is 455 g/mol. The second-order valence-electron chi connectivity index (χ2n) is 8.09. The van der Waals surface area contributed by atoms with E-state index >= 15 is 0 Å². The zero-order chi connectivity index (χ0) is 22.3. The molecule has 1 fully saturated rings. The number of benzene rings is 2. The number of hydrogen-bond acceptors (Lipinski definition) is 4. The van der Waals surface area contributed by atoms with Gasteiger partial charge in [0, 0.05) is 31.5 Å². The molecule has 3 aromatic rings. The lowest BCUT2D eigenvalue weighted by Gasteiger charge is -2.26. The van der Waals surface area contributed by atoms with Crippen molar-refractivity contribution in [2.75, 3.05) is 24.5 Å². The standard InChI is InChI=1S/C23H23FN4O3S/c24-18-5-4-6-19(16-18)28-14-10-21(25-28)23(29)27-13-9-17-15-20(7-8-22(17)27)32(30,31)26-11-2-1-3-12-26/h4-8,10,14-16H,1-3,9,11-13H2. The lowest BCUT2D eigenvalue weighted by molar-refractivity contribution is 0.0984. The minimum absolute atomic E-state index is 0.243. The summed E-state index contributed by atoms with van der Waals surface area (Å²) in [5.74, 6) is -0.653. The van der Waals surface area contributed by atoms with Gasteiger partial charge in [0.15, 0.2) is 5.69 Å². The molecule has 9 heteroatoms. The van der Waals surface area contributed by atoms with Gasteiger partial charge in [-0.2, -0.15) is 9.40 Å². The van der Waals surface area contributed by atoms with Crippen LogP contribution in [0.15, 0.2) is 59.6 Å². The van der Waals surface area contributed by atoms with E-state index in [9.17, 15) is 17.6 Å². The predicted octanol–water partition coefficient (Wildman–Crippen LogP) is 3.39. The highest BCUT2D eigenvalue weighted by Crippen LogP contribution is 2.32. The Morgan fingerprint density at radius 1 is 0.969 bits per heavy atom. The van der Waals surface area contributed by atoms with Crippen LogP contribution in [0.1, 0.15) is 35.3 Å². The highest BCUT2D eigenvalue weighted by Gasteiger charge is 2.31. The van der Waals surface area contributed by atoms with Crippen LogP contribution in [0.2, 0.25) is 0 Å². The van der Waals surface area contributed by atoms with Crippen molar-refractivity contribution in [3.63, 3.8) is 0 Å². The molecule has 1 aromatic heterocycles. The SMILES string of the molecule is O=C(c1ccn(-c2cccc(F)c2)n1)N1CCc2cc(S(=O)(=O)N3CCCCC3)ccc21. The molecule has 2 aliphatic heterocycles. The van der Waals surface area contributed by atoms with Crippen molar-refractivity contribution < 1.29 is 17.6 Å². The molecule has 0 radical (unpaired) electrons. The number of fused-ring (bicyclic) bond motifs is 1. The Kier molecular flexibility index (Phi) is 5.30. The highest BCUT2D eigenvalue weighted by atomic mass is 32.2. The molecule has 0 bridgehead atoms. The van der Waals surface area contributed by atoms with E-state index in [2.05, 4.69) is 5.10 Å². The molecular weight excluding hydrogens is 431 g/mol. The van der Waals surface area contributed by atoms with E-state index in [4.69, 9.17) is 0 Å². The molecule has 166 valence electrons. The van der Waals surface area contributed by atoms with Gasteiger partial charge in [0.1, 0.15) is 5.82 Å². The van der Waals surface area contributed by atoms with Crippen molar-refractivity contribution >= 4 is 21.6 Å². The van der Waals surface area contributed by atoms with Crippen molar-refractivity contribution in [2.24, 2.45) is 0 Å². The molecule has 7 nitrogen and oxygen atoms in total. The summed E-state index contributed by atoms with van der Waals surface area (Å²) in [5, 5.41) is 4.31. The van der Waals surface area contributed by atoms with Crippen molar-refractivity contribution in [1.29, 1.82) is 0 Å². The number of nitrogens with zero attached hydrogens (tertiary/aromatic N) is 4. The van der Waals surface area contributed by atoms with E-state index in [0.29, 0.717) is 37.4 Å². The van der Waals surface area contributed by atoms with Crippen LogP contribution < -0.4 is 4.90 Å². The lowest BCUT2D eigenvalue weighted by Crippen LogP contribution is -2.35. The Morgan fingerprint density at radius 2 is 1.78 bits per heavy atom. The van der Waals surface area contributed by atoms with Crippen LogP contribution in [-0.2, 0) is 16.4 Å². The van der Waals surface area contributed by atoms with Crippen LogP contribution in [0.4, 0.5) is 10.1 Å². The maximum atomic E-state index is 13.5. The molecule has 0 saturated carbocycles. The molecule has 0 N–H and O–H groups in total. The zero-order valence-corrected chi connectivity index (χ0v) is 18.3. The number of amides is 1. The Bertz CT molecular complexity index is 1280. The normalized spacial score (nSPS) is 16.8. The minimum Gasteiger partial charge on any atom is -0.306 e. The average Bonchev–Trinajstić information content (AvgIpc) is 3.46. The molecule has 0 unspecified atom stereocenters. The third-order valence-electron chi connectivity index (χ3n) is 6.03. The quantitative estimate of drug-likeness (QED) is 0.606. The van der Waals surface area contributed by atoms with Crippen LogP contribution in [0.3, 0.4) is 0 Å². The number of piperidine rings is 1. The van der Waals surface area contributed by atoms with Crippen molar-refractivity contribution in [2.45, 2.75) is 30.6 Å². The number of aromatic nitrogens is 2. The Hall–Kier alpha value is -3.04. The Labute approximate surface area is 186 Å². The second-order valence-corrected chi connectivity index (χ2v) is 10.0. The van der Waals surface area contributed by atoms with Gasteiger partial charge >= 0.3 is 0 Å². The first-order chi connectivity index (χ1) is 15.4. The second kappa shape index (κ2) is 8.14. The van der Waals surface area contributed by atoms with Gasteiger partial charge in [0.2, 0.25) is 10.0 Å². The highest BCUT2D eigenvalue weighted by molar-refractivity contribution is 7.89. The van der Waals surface area contributed by atoms with E-state index in [-0.39, 0.29) is 22.3 Å². The summed E-state index contributed by atoms with van der Waals surface area (Å²) in [5.41, 5.74) is 2.31. The third kappa shape index (κ3) is 3.71. The largest absolute Gasteiger partial charge is 0.306 e. The van der Waals surface area contributed by atoms with Gasteiger partial charge in [-0.3, -0.25) is 4.79 Å². The van der Waals surface area contributed by atoms with E-state index in [1.54, 1.807) is 51.8 Å². The first-order valence-electron chi connectivity index (χ1n) is 10.7. The Morgan fingerprint density at radius 3 is 2.56 bits per heavy atom. The van der Waals surface area contributed by atoms with Crippen LogP contribution in [-0.4, -0.2) is 48.0 Å². The van der Waals surface area contributed by atoms with Crippen molar-refractivity contribution in [3.8, 4) is 5.69 Å². The van der Waals surface area contributed by atoms with Crippen molar-refractivity contribution in [3.05, 3.63) is 71.8 Å². The lowest BCUT2D eigenvalue weighted by atomic mass is 10.2. The molecule has 1 amide bonds. The number of anilines is 1. The summed E-state index contributed by atoms with van der Waals surface area (Å²) in [6.45, 7) is 1.56. The Balaban J connectivity index is 1.38. The van der Waals surface area contributed by atoms with E-state index in [0.717, 1.165) is 24.8 Å². The summed E-state index contributed by atoms with van der Waals surface area (Å²) >= 11 is 0. The maximum Gasteiger partial charge on any atom is 0.278 e. The predicted molar refractivity (Wildman–Crippen MR) is 118 cm³/mol. The van der Waals surface area contributed by atoms with Crippen LogP contribution in [0.25, 0.3) is 5.69 Å². The van der Waals surface area contributed by atoms with Gasteiger partial charge in [-0.1, -0.05) is 12.5 Å². The van der Waals surface area contributed by atoms with Crippen LogP contribution in [0, 0.1) is 5.82 Å². The summed E-state index contributed by atoms with van der Waals surface area (Å²) < 4.78 is 42.5. The summed E-state index contributed by atoms with van der Waals surface area (Å²) in [6, 6.07) is 12.6. The molecule has 0 atom stereocenters. The van der Waals surface area contributed by atoms with Gasteiger partial charge in [-0.05, 0) is 67.3 Å². The molecular formula is C23H23FN4O3S. The van der Waals surface area contributed by atoms with E-state index < -0.39 is 10.0 Å². The molecule has 1 saturated heterocycles. The number of hydrogen-bond donors (Lipinski definition) is 0. The number of carbonyl (C=O) groups is 1. The number of sulfonamides is 1. The van der Waals surface area contributed by atoms with Gasteiger partial charge in [0.05, 0.1) is 10.6 Å². The molecule has 3 heterocycles. The first kappa shape index (κ1) is 20.8. The minimum atomic E-state index is -3.52. The maximum absolute atomic E-state index is 13.5. The van der Waals surface area contributed by atoms with Crippen molar-refractivity contribution in [1.82, 2.24) is 14.1 Å². The monoisotopic (exact) mass is 454 g/mol.